The molecule has 1 N–H and O–H groups in total. The Morgan fingerprint density at radius 1 is 1.29 bits per heavy atom. The number of likely N-dealkylation sites (tertiary alicyclic amines) is 1. The zero-order chi connectivity index (χ0) is 19.1. The van der Waals surface area contributed by atoms with E-state index in [0.29, 0.717) is 25.5 Å². The van der Waals surface area contributed by atoms with E-state index in [9.17, 15) is 9.59 Å². The van der Waals surface area contributed by atoms with Gasteiger partial charge in [-0.05, 0) is 50.7 Å². The van der Waals surface area contributed by atoms with Crippen LogP contribution in [-0.4, -0.2) is 51.6 Å². The van der Waals surface area contributed by atoms with Gasteiger partial charge in [0.05, 0.1) is 5.69 Å². The highest BCUT2D eigenvalue weighted by Crippen LogP contribution is 2.44. The van der Waals surface area contributed by atoms with E-state index >= 15 is 0 Å². The molecule has 1 aliphatic carbocycles. The normalized spacial score (nSPS) is 23.1. The minimum atomic E-state index is -0.261. The summed E-state index contributed by atoms with van der Waals surface area (Å²) >= 11 is 0. The number of aromatic nitrogens is 3. The van der Waals surface area contributed by atoms with E-state index in [2.05, 4.69) is 9.97 Å². The van der Waals surface area contributed by atoms with E-state index in [0.717, 1.165) is 55.3 Å². The first-order valence-electron chi connectivity index (χ1n) is 10.1. The first kappa shape index (κ1) is 17.6. The van der Waals surface area contributed by atoms with Gasteiger partial charge in [0.25, 0.3) is 11.5 Å². The number of pyridine rings is 1. The third-order valence-corrected chi connectivity index (χ3v) is 6.54. The summed E-state index contributed by atoms with van der Waals surface area (Å²) in [6.45, 7) is 2.09. The molecule has 146 valence electrons. The standard InChI is InChI=1S/C21H24N4O3/c26-19-15-5-6-21(17(15)23-18(24-19)14-3-1-9-22-13-14)7-10-25(11-8-21)20(27)16-4-2-12-28-16/h1,3,9,13,16H,2,4-8,10-12H2,(H,23,24,26)/t16-/m1/s1. The highest BCUT2D eigenvalue weighted by Gasteiger charge is 2.45. The molecule has 0 unspecified atom stereocenters. The van der Waals surface area contributed by atoms with Gasteiger partial charge in [0.15, 0.2) is 0 Å². The van der Waals surface area contributed by atoms with Crippen LogP contribution < -0.4 is 5.56 Å². The van der Waals surface area contributed by atoms with E-state index in [1.807, 2.05) is 17.0 Å². The summed E-state index contributed by atoms with van der Waals surface area (Å²) in [5.41, 5.74) is 2.41. The number of aromatic amines is 1. The van der Waals surface area contributed by atoms with Crippen molar-refractivity contribution in [2.45, 2.75) is 50.0 Å². The van der Waals surface area contributed by atoms with Crippen LogP contribution in [0.4, 0.5) is 0 Å². The van der Waals surface area contributed by atoms with Crippen LogP contribution >= 0.6 is 0 Å². The van der Waals surface area contributed by atoms with E-state index in [4.69, 9.17) is 9.72 Å². The molecule has 0 bridgehead atoms. The van der Waals surface area contributed by atoms with E-state index in [1.54, 1.807) is 12.4 Å². The van der Waals surface area contributed by atoms with Gasteiger partial charge in [-0.1, -0.05) is 0 Å². The molecule has 2 aromatic heterocycles. The minimum Gasteiger partial charge on any atom is -0.368 e. The number of amides is 1. The predicted octanol–water partition coefficient (Wildman–Crippen LogP) is 1.82. The lowest BCUT2D eigenvalue weighted by molar-refractivity contribution is -0.142. The Labute approximate surface area is 163 Å². The van der Waals surface area contributed by atoms with E-state index in [1.165, 1.54) is 0 Å². The molecule has 1 spiro atoms. The summed E-state index contributed by atoms with van der Waals surface area (Å²) in [5, 5.41) is 0. The average Bonchev–Trinajstić information content (AvgIpc) is 3.38. The molecule has 1 amide bonds. The number of ether oxygens (including phenoxy) is 1. The van der Waals surface area contributed by atoms with Gasteiger partial charge in [-0.3, -0.25) is 14.6 Å². The molecular formula is C21H24N4O3. The molecule has 2 aliphatic heterocycles. The molecule has 5 rings (SSSR count). The van der Waals surface area contributed by atoms with Crippen molar-refractivity contribution in [3.05, 3.63) is 46.1 Å². The fourth-order valence-electron chi connectivity index (χ4n) is 4.91. The van der Waals surface area contributed by atoms with Gasteiger partial charge in [0.2, 0.25) is 0 Å². The molecule has 0 radical (unpaired) electrons. The molecule has 7 heteroatoms. The zero-order valence-electron chi connectivity index (χ0n) is 15.8. The minimum absolute atomic E-state index is 0.0430. The number of hydrogen-bond acceptors (Lipinski definition) is 5. The second-order valence-electron chi connectivity index (χ2n) is 8.09. The lowest BCUT2D eigenvalue weighted by Gasteiger charge is -2.40. The number of H-pyrrole nitrogens is 1. The summed E-state index contributed by atoms with van der Waals surface area (Å²) in [6, 6.07) is 3.75. The second kappa shape index (κ2) is 6.81. The number of carbonyl (C=O) groups excluding carboxylic acids is 1. The van der Waals surface area contributed by atoms with Crippen molar-refractivity contribution in [3.8, 4) is 11.4 Å². The van der Waals surface area contributed by atoms with Gasteiger partial charge in [-0.2, -0.15) is 0 Å². The van der Waals surface area contributed by atoms with Gasteiger partial charge in [-0.25, -0.2) is 4.98 Å². The predicted molar refractivity (Wildman–Crippen MR) is 103 cm³/mol. The summed E-state index contributed by atoms with van der Waals surface area (Å²) in [4.78, 5) is 39.2. The molecule has 7 nitrogen and oxygen atoms in total. The quantitative estimate of drug-likeness (QED) is 0.859. The first-order valence-corrected chi connectivity index (χ1v) is 10.1. The summed E-state index contributed by atoms with van der Waals surface area (Å²) in [6.07, 6.45) is 8.33. The fourth-order valence-corrected chi connectivity index (χ4v) is 4.91. The van der Waals surface area contributed by atoms with Gasteiger partial charge in [0.1, 0.15) is 11.9 Å². The molecule has 28 heavy (non-hydrogen) atoms. The van der Waals surface area contributed by atoms with E-state index in [-0.39, 0.29) is 23.0 Å². The number of fused-ring (bicyclic) bond motifs is 2. The number of piperidine rings is 1. The largest absolute Gasteiger partial charge is 0.368 e. The Morgan fingerprint density at radius 3 is 2.86 bits per heavy atom. The zero-order valence-corrected chi connectivity index (χ0v) is 15.8. The highest BCUT2D eigenvalue weighted by molar-refractivity contribution is 5.81. The van der Waals surface area contributed by atoms with Crippen LogP contribution in [0.2, 0.25) is 0 Å². The van der Waals surface area contributed by atoms with Gasteiger partial charge >= 0.3 is 0 Å². The maximum atomic E-state index is 12.7. The Morgan fingerprint density at radius 2 is 2.14 bits per heavy atom. The molecule has 2 aromatic rings. The van der Waals surface area contributed by atoms with Crippen molar-refractivity contribution in [1.29, 1.82) is 0 Å². The topological polar surface area (TPSA) is 88.2 Å². The number of rotatable bonds is 2. The van der Waals surface area contributed by atoms with Crippen LogP contribution in [0, 0.1) is 0 Å². The Balaban J connectivity index is 1.41. The first-order chi connectivity index (χ1) is 13.7. The van der Waals surface area contributed by atoms with Crippen molar-refractivity contribution < 1.29 is 9.53 Å². The molecule has 2 fully saturated rings. The Bertz CT molecular complexity index is 942. The van der Waals surface area contributed by atoms with Crippen LogP contribution in [0.5, 0.6) is 0 Å². The van der Waals surface area contributed by atoms with Gasteiger partial charge < -0.3 is 14.6 Å². The van der Waals surface area contributed by atoms with Crippen LogP contribution in [0.3, 0.4) is 0 Å². The molecule has 2 saturated heterocycles. The molecule has 4 heterocycles. The molecule has 3 aliphatic rings. The Kier molecular flexibility index (Phi) is 4.27. The van der Waals surface area contributed by atoms with Crippen molar-refractivity contribution in [3.63, 3.8) is 0 Å². The van der Waals surface area contributed by atoms with Crippen LogP contribution in [-0.2, 0) is 21.4 Å². The molecule has 1 atom stereocenters. The van der Waals surface area contributed by atoms with Crippen molar-refractivity contribution in [2.75, 3.05) is 19.7 Å². The summed E-state index contributed by atoms with van der Waals surface area (Å²) in [5.74, 6) is 0.705. The van der Waals surface area contributed by atoms with Crippen molar-refractivity contribution in [2.24, 2.45) is 0 Å². The van der Waals surface area contributed by atoms with Gasteiger partial charge in [-0.15, -0.1) is 0 Å². The van der Waals surface area contributed by atoms with Crippen molar-refractivity contribution in [1.82, 2.24) is 19.9 Å². The third-order valence-electron chi connectivity index (χ3n) is 6.54. The van der Waals surface area contributed by atoms with E-state index < -0.39 is 0 Å². The maximum Gasteiger partial charge on any atom is 0.254 e. The third kappa shape index (κ3) is 2.85. The van der Waals surface area contributed by atoms with Crippen molar-refractivity contribution >= 4 is 5.91 Å². The molecular weight excluding hydrogens is 356 g/mol. The van der Waals surface area contributed by atoms with Gasteiger partial charge in [0, 0.05) is 48.6 Å². The second-order valence-corrected chi connectivity index (χ2v) is 8.09. The average molecular weight is 380 g/mol. The fraction of sp³-hybridized carbons (Fsp3) is 0.524. The summed E-state index contributed by atoms with van der Waals surface area (Å²) in [7, 11) is 0. The number of nitrogens with zero attached hydrogens (tertiary/aromatic N) is 3. The van der Waals surface area contributed by atoms with Crippen LogP contribution in [0.15, 0.2) is 29.3 Å². The van der Waals surface area contributed by atoms with Crippen LogP contribution in [0.25, 0.3) is 11.4 Å². The number of hydrogen-bond donors (Lipinski definition) is 1. The Hall–Kier alpha value is -2.54. The lowest BCUT2D eigenvalue weighted by atomic mass is 9.76. The highest BCUT2D eigenvalue weighted by atomic mass is 16.5. The lowest BCUT2D eigenvalue weighted by Crippen LogP contribution is -2.48. The monoisotopic (exact) mass is 380 g/mol. The SMILES string of the molecule is O=C([C@H]1CCCO1)N1CCC2(CCc3c2nc(-c2cccnc2)[nH]c3=O)CC1. The maximum absolute atomic E-state index is 12.7. The number of carbonyl (C=O) groups is 1. The number of nitrogens with one attached hydrogen (secondary N) is 1. The molecule has 0 saturated carbocycles. The van der Waals surface area contributed by atoms with Crippen LogP contribution in [0.1, 0.15) is 43.4 Å². The molecule has 0 aromatic carbocycles. The smallest absolute Gasteiger partial charge is 0.254 e. The summed E-state index contributed by atoms with van der Waals surface area (Å²) < 4.78 is 5.57.